The first-order valence-electron chi connectivity index (χ1n) is 24.2. The molecule has 3 aromatic heterocycles. The van der Waals surface area contributed by atoms with Gasteiger partial charge in [0.15, 0.2) is 0 Å². The summed E-state index contributed by atoms with van der Waals surface area (Å²) in [6.07, 6.45) is 2.93. The van der Waals surface area contributed by atoms with Gasteiger partial charge < -0.3 is 13.6 Å². The van der Waals surface area contributed by atoms with E-state index >= 15 is 0 Å². The minimum atomic E-state index is -0.0375. The van der Waals surface area contributed by atoms with Crippen LogP contribution in [-0.2, 0) is 6.42 Å². The number of nitrogens with zero attached hydrogens (tertiary/aromatic N) is 3. The number of aryl methyl sites for hydroxylation is 1. The zero-order chi connectivity index (χ0) is 45.5. The average Bonchev–Trinajstić information content (AvgIpc) is 4.04. The van der Waals surface area contributed by atoms with Gasteiger partial charge in [0.05, 0.1) is 33.7 Å². The van der Waals surface area contributed by atoms with Gasteiger partial charge in [0.2, 0.25) is 0 Å². The molecule has 0 radical (unpaired) electrons. The Hall–Kier alpha value is -8.13. The normalized spacial score (nSPS) is 17.5. The second-order valence-corrected chi connectivity index (χ2v) is 19.0. The van der Waals surface area contributed by atoms with Crippen LogP contribution in [0, 0.1) is 23.2 Å². The molecule has 68 heavy (non-hydrogen) atoms. The van der Waals surface area contributed by atoms with Gasteiger partial charge in [-0.3, -0.25) is 0 Å². The van der Waals surface area contributed by atoms with Crippen LogP contribution < -0.4 is 0 Å². The first-order valence-corrected chi connectivity index (χ1v) is 24.2. The monoisotopic (exact) mass is 875 g/mol. The predicted octanol–water partition coefficient (Wildman–Crippen LogP) is 16.8. The second kappa shape index (κ2) is 16.0. The summed E-state index contributed by atoms with van der Waals surface area (Å²) in [4.78, 5) is 0. The Labute approximate surface area is 395 Å². The van der Waals surface area contributed by atoms with E-state index < -0.39 is 0 Å². The van der Waals surface area contributed by atoms with Gasteiger partial charge in [-0.05, 0) is 136 Å². The highest BCUT2D eigenvalue weighted by atomic mass is 16.3. The van der Waals surface area contributed by atoms with Crippen molar-refractivity contribution in [1.29, 1.82) is 5.26 Å². The van der Waals surface area contributed by atoms with Crippen molar-refractivity contribution in [3.05, 3.63) is 228 Å². The third-order valence-corrected chi connectivity index (χ3v) is 15.4. The highest BCUT2D eigenvalue weighted by Crippen LogP contribution is 2.53. The van der Waals surface area contributed by atoms with Crippen LogP contribution in [0.5, 0.6) is 0 Å². The van der Waals surface area contributed by atoms with Gasteiger partial charge in [-0.25, -0.2) is 0 Å². The van der Waals surface area contributed by atoms with Crippen LogP contribution in [0.3, 0.4) is 0 Å². The Morgan fingerprint density at radius 2 is 1.22 bits per heavy atom. The van der Waals surface area contributed by atoms with E-state index in [0.29, 0.717) is 11.5 Å². The maximum atomic E-state index is 9.76. The molecule has 3 heterocycles. The molecule has 0 amide bonds. The zero-order valence-electron chi connectivity index (χ0n) is 38.2. The van der Waals surface area contributed by atoms with Crippen molar-refractivity contribution >= 4 is 65.4 Å². The van der Waals surface area contributed by atoms with Crippen molar-refractivity contribution < 1.29 is 4.42 Å². The quantitative estimate of drug-likeness (QED) is 0.167. The Kier molecular flexibility index (Phi) is 9.47. The molecule has 4 unspecified atom stereocenters. The van der Waals surface area contributed by atoms with Crippen molar-refractivity contribution in [3.8, 4) is 28.6 Å². The van der Waals surface area contributed by atoms with E-state index in [4.69, 9.17) is 4.42 Å². The number of benzene rings is 9. The Morgan fingerprint density at radius 1 is 0.559 bits per heavy atom. The highest BCUT2D eigenvalue weighted by Gasteiger charge is 2.41. The lowest BCUT2D eigenvalue weighted by atomic mass is 9.64. The van der Waals surface area contributed by atoms with Crippen LogP contribution in [0.1, 0.15) is 66.5 Å². The number of nitriles is 1. The molecule has 0 saturated heterocycles. The number of fused-ring (bicyclic) bond motifs is 10. The maximum absolute atomic E-state index is 9.76. The lowest BCUT2D eigenvalue weighted by Crippen LogP contribution is -2.29. The van der Waals surface area contributed by atoms with Crippen molar-refractivity contribution in [3.63, 3.8) is 0 Å². The molecule has 0 aliphatic heterocycles. The number of para-hydroxylation sites is 3. The third kappa shape index (κ3) is 6.26. The molecule has 0 fully saturated rings. The maximum Gasteiger partial charge on any atom is 0.135 e. The number of rotatable bonds is 6. The van der Waals surface area contributed by atoms with Gasteiger partial charge in [-0.2, -0.15) is 5.26 Å². The Bertz CT molecular complexity index is 3950. The van der Waals surface area contributed by atoms with Gasteiger partial charge in [-0.1, -0.05) is 148 Å². The van der Waals surface area contributed by atoms with Gasteiger partial charge in [0.1, 0.15) is 11.3 Å². The van der Waals surface area contributed by atoms with E-state index in [0.717, 1.165) is 47.4 Å². The fourth-order valence-corrected chi connectivity index (χ4v) is 12.4. The number of furan rings is 1. The van der Waals surface area contributed by atoms with Crippen LogP contribution in [-0.4, -0.2) is 9.13 Å². The van der Waals surface area contributed by atoms with Crippen molar-refractivity contribution in [2.45, 2.75) is 44.9 Å². The second-order valence-electron chi connectivity index (χ2n) is 19.0. The summed E-state index contributed by atoms with van der Waals surface area (Å²) < 4.78 is 12.3. The summed E-state index contributed by atoms with van der Waals surface area (Å²) in [6, 6.07) is 75.4. The predicted molar refractivity (Wildman–Crippen MR) is 281 cm³/mol. The molecule has 13 rings (SSSR count). The minimum Gasteiger partial charge on any atom is -0.460 e. The van der Waals surface area contributed by atoms with Gasteiger partial charge in [-0.15, -0.1) is 0 Å². The molecule has 4 nitrogen and oxygen atoms in total. The number of hydrogen-bond donors (Lipinski definition) is 0. The average molecular weight is 876 g/mol. The van der Waals surface area contributed by atoms with Crippen LogP contribution >= 0.6 is 0 Å². The van der Waals surface area contributed by atoms with E-state index in [-0.39, 0.29) is 17.8 Å². The molecule has 326 valence electrons. The van der Waals surface area contributed by atoms with Crippen LogP contribution in [0.25, 0.3) is 87.9 Å². The molecule has 1 aliphatic rings. The molecule has 4 atom stereocenters. The highest BCUT2D eigenvalue weighted by molar-refractivity contribution is 6.14. The molecule has 4 heteroatoms. The number of hydrogen-bond acceptors (Lipinski definition) is 2. The standard InChI is InChI=1S/C64H49N3O/c1-3-49-61(42-28-31-48(32-29-42)67-56-24-11-9-21-50(56)55-36-44-16-7-8-17-45(44)37-59(55)67)40(2)27-33-52-51-34-30-46(43-18-13-15-41(35-43)39-65)38-60(51)68-64(52)63(49)54-23-14-26-58-62(54)53-22-10-12-25-57(53)66(58)47-19-5-4-6-20-47/h4-26,28-32,34-38,40,49,61,63H,3,27,33H2,1-2H3. The molecule has 9 aromatic carbocycles. The molecule has 0 N–H and O–H groups in total. The van der Waals surface area contributed by atoms with E-state index in [1.165, 1.54) is 82.1 Å². The zero-order valence-corrected chi connectivity index (χ0v) is 38.2. The van der Waals surface area contributed by atoms with Gasteiger partial charge in [0.25, 0.3) is 0 Å². The molecule has 1 aliphatic carbocycles. The summed E-state index contributed by atoms with van der Waals surface area (Å²) in [7, 11) is 0. The van der Waals surface area contributed by atoms with Gasteiger partial charge >= 0.3 is 0 Å². The van der Waals surface area contributed by atoms with E-state index in [1.54, 1.807) is 0 Å². The Morgan fingerprint density at radius 3 is 2.01 bits per heavy atom. The summed E-state index contributed by atoms with van der Waals surface area (Å²) in [5, 5.41) is 18.5. The fraction of sp³-hybridized carbons (Fsp3) is 0.141. The third-order valence-electron chi connectivity index (χ3n) is 15.4. The first kappa shape index (κ1) is 40.2. The van der Waals surface area contributed by atoms with Crippen molar-refractivity contribution in [1.82, 2.24) is 9.13 Å². The van der Waals surface area contributed by atoms with Crippen LogP contribution in [0.15, 0.2) is 205 Å². The van der Waals surface area contributed by atoms with Gasteiger partial charge in [0, 0.05) is 49.8 Å². The summed E-state index contributed by atoms with van der Waals surface area (Å²) >= 11 is 0. The lowest BCUT2D eigenvalue weighted by molar-refractivity contribution is 0.254. The SMILES string of the molecule is CCC1C(c2cccc3c2c2ccccc2n3-c2ccccc2)c2oc3cc(-c4cccc(C#N)c4)ccc3c2CCC(C)C1c1ccc(-n2c3ccccc3c3cc4ccccc4cc32)cc1. The Balaban J connectivity index is 1.01. The summed E-state index contributed by atoms with van der Waals surface area (Å²) in [6.45, 7) is 4.89. The van der Waals surface area contributed by atoms with Crippen molar-refractivity contribution in [2.75, 3.05) is 0 Å². The van der Waals surface area contributed by atoms with E-state index in [2.05, 4.69) is 211 Å². The summed E-state index contributed by atoms with van der Waals surface area (Å²) in [5.41, 5.74) is 14.8. The minimum absolute atomic E-state index is 0.0375. The van der Waals surface area contributed by atoms with Crippen LogP contribution in [0.2, 0.25) is 0 Å². The topological polar surface area (TPSA) is 46.8 Å². The van der Waals surface area contributed by atoms with E-state index in [9.17, 15) is 5.26 Å². The summed E-state index contributed by atoms with van der Waals surface area (Å²) in [5.74, 6) is 1.91. The lowest BCUT2D eigenvalue weighted by Gasteiger charge is -2.39. The molecular weight excluding hydrogens is 827 g/mol. The molecule has 0 bridgehead atoms. The molecular formula is C64H49N3O. The smallest absolute Gasteiger partial charge is 0.135 e. The van der Waals surface area contributed by atoms with Crippen LogP contribution in [0.4, 0.5) is 0 Å². The fourth-order valence-electron chi connectivity index (χ4n) is 12.4. The molecule has 12 aromatic rings. The molecule has 0 spiro atoms. The largest absolute Gasteiger partial charge is 0.460 e. The number of aromatic nitrogens is 2. The van der Waals surface area contributed by atoms with Crippen molar-refractivity contribution in [2.24, 2.45) is 11.8 Å². The molecule has 0 saturated carbocycles. The first-order chi connectivity index (χ1) is 33.6. The van der Waals surface area contributed by atoms with E-state index in [1.807, 2.05) is 18.2 Å².